The van der Waals surface area contributed by atoms with Crippen LogP contribution in [-0.4, -0.2) is 44.9 Å². The molecule has 1 saturated carbocycles. The zero-order valence-corrected chi connectivity index (χ0v) is 17.0. The molecule has 6 nitrogen and oxygen atoms in total. The number of thioether (sulfide) groups is 1. The molecule has 1 aliphatic rings. The summed E-state index contributed by atoms with van der Waals surface area (Å²) in [6.07, 6.45) is 5.50. The van der Waals surface area contributed by atoms with E-state index in [0.717, 1.165) is 4.73 Å². The summed E-state index contributed by atoms with van der Waals surface area (Å²) in [4.78, 5) is 14.2. The number of pyridine rings is 1. The third-order valence-electron chi connectivity index (χ3n) is 4.55. The maximum absolute atomic E-state index is 12.8. The van der Waals surface area contributed by atoms with Gasteiger partial charge in [-0.25, -0.2) is 13.5 Å². The molecule has 3 rings (SSSR count). The van der Waals surface area contributed by atoms with Crippen molar-refractivity contribution in [2.24, 2.45) is 5.92 Å². The third kappa shape index (κ3) is 4.94. The first-order valence-electron chi connectivity index (χ1n) is 9.04. The Morgan fingerprint density at radius 3 is 2.96 bits per heavy atom. The van der Waals surface area contributed by atoms with E-state index in [1.165, 1.54) is 28.8 Å². The van der Waals surface area contributed by atoms with Gasteiger partial charge in [0.05, 0.1) is 6.20 Å². The molecule has 1 N–H and O–H groups in total. The molecule has 1 fully saturated rings. The van der Waals surface area contributed by atoms with Gasteiger partial charge in [-0.1, -0.05) is 11.6 Å². The molecule has 0 bridgehead atoms. The summed E-state index contributed by atoms with van der Waals surface area (Å²) in [5.41, 5.74) is 1.09. The van der Waals surface area contributed by atoms with Crippen LogP contribution in [0.2, 0.25) is 5.15 Å². The molecule has 1 amide bonds. The Labute approximate surface area is 171 Å². The summed E-state index contributed by atoms with van der Waals surface area (Å²) < 4.78 is 28.1. The molecular weight excluding hydrogens is 410 g/mol. The lowest BCUT2D eigenvalue weighted by molar-refractivity contribution is -0.904. The molecule has 0 radical (unpaired) electrons. The molecule has 0 saturated heterocycles. The first kappa shape index (κ1) is 20.9. The molecule has 2 aromatic heterocycles. The highest BCUT2D eigenvalue weighted by molar-refractivity contribution is 7.99. The van der Waals surface area contributed by atoms with Crippen molar-refractivity contribution in [1.29, 1.82) is 0 Å². The fourth-order valence-corrected chi connectivity index (χ4v) is 4.26. The second-order valence-electron chi connectivity index (χ2n) is 6.67. The summed E-state index contributed by atoms with van der Waals surface area (Å²) in [5.74, 6) is -1.96. The lowest BCUT2D eigenvalue weighted by atomic mass is 10.3. The van der Waals surface area contributed by atoms with Gasteiger partial charge in [-0.3, -0.25) is 10.0 Å². The van der Waals surface area contributed by atoms with E-state index in [4.69, 9.17) is 11.6 Å². The van der Waals surface area contributed by atoms with Crippen LogP contribution in [0.4, 0.5) is 14.5 Å². The van der Waals surface area contributed by atoms with Crippen molar-refractivity contribution in [3.05, 3.63) is 35.9 Å². The van der Waals surface area contributed by atoms with Crippen molar-refractivity contribution in [2.75, 3.05) is 23.0 Å². The van der Waals surface area contributed by atoms with E-state index < -0.39 is 11.8 Å². The largest absolute Gasteiger partial charge is 0.309 e. The highest BCUT2D eigenvalue weighted by atomic mass is 35.5. The monoisotopic (exact) mass is 431 g/mol. The van der Waals surface area contributed by atoms with Gasteiger partial charge in [-0.05, 0) is 25.2 Å². The Balaban J connectivity index is 1.56. The average Bonchev–Trinajstić information content (AvgIpc) is 3.07. The standard InChI is InChI=1S/C18H22ClF2N4O2S/c1-2-24(16(26)6-4-8-28-12-13-9-18(13,20)21)15-11-25(22-17(15)19)14-5-3-7-23(27)10-14/h3,5,7,10-11,13,27H,2,4,6,8-9,12H2,1H3/q+1. The minimum absolute atomic E-state index is 0.0112. The lowest BCUT2D eigenvalue weighted by Crippen LogP contribution is -2.30. The van der Waals surface area contributed by atoms with E-state index in [1.807, 2.05) is 6.92 Å². The number of halogens is 3. The Morgan fingerprint density at radius 2 is 2.32 bits per heavy atom. The number of rotatable bonds is 9. The minimum Gasteiger partial charge on any atom is -0.309 e. The van der Waals surface area contributed by atoms with Crippen LogP contribution in [-0.2, 0) is 4.79 Å². The van der Waals surface area contributed by atoms with Gasteiger partial charge in [0.25, 0.3) is 5.92 Å². The van der Waals surface area contributed by atoms with E-state index in [0.29, 0.717) is 42.3 Å². The Bertz CT molecular complexity index is 849. The van der Waals surface area contributed by atoms with Crippen LogP contribution in [0.15, 0.2) is 30.7 Å². The first-order chi connectivity index (χ1) is 13.3. The van der Waals surface area contributed by atoms with Crippen molar-refractivity contribution in [3.8, 4) is 5.69 Å². The molecule has 2 heterocycles. The zero-order chi connectivity index (χ0) is 20.3. The highest BCUT2D eigenvalue weighted by Crippen LogP contribution is 2.50. The van der Waals surface area contributed by atoms with E-state index in [1.54, 1.807) is 23.2 Å². The number of amides is 1. The van der Waals surface area contributed by atoms with Crippen molar-refractivity contribution in [3.63, 3.8) is 0 Å². The maximum Gasteiger partial charge on any atom is 0.252 e. The van der Waals surface area contributed by atoms with Gasteiger partial charge >= 0.3 is 0 Å². The summed E-state index contributed by atoms with van der Waals surface area (Å²) in [6, 6.07) is 3.40. The second kappa shape index (κ2) is 8.65. The van der Waals surface area contributed by atoms with Gasteiger partial charge in [-0.2, -0.15) is 16.9 Å². The van der Waals surface area contributed by atoms with Crippen LogP contribution in [0, 0.1) is 5.92 Å². The number of anilines is 1. The van der Waals surface area contributed by atoms with Crippen molar-refractivity contribution in [1.82, 2.24) is 9.78 Å². The molecule has 0 aromatic carbocycles. The molecule has 10 heteroatoms. The van der Waals surface area contributed by atoms with Crippen LogP contribution in [0.3, 0.4) is 0 Å². The molecule has 0 spiro atoms. The van der Waals surface area contributed by atoms with Crippen molar-refractivity contribution in [2.45, 2.75) is 32.1 Å². The predicted molar refractivity (Wildman–Crippen MR) is 104 cm³/mol. The van der Waals surface area contributed by atoms with Gasteiger partial charge < -0.3 is 4.90 Å². The lowest BCUT2D eigenvalue weighted by Gasteiger charge is -2.19. The molecular formula is C18H22ClF2N4O2S+. The fraction of sp³-hybridized carbons (Fsp3) is 0.500. The summed E-state index contributed by atoms with van der Waals surface area (Å²) >= 11 is 7.70. The highest BCUT2D eigenvalue weighted by Gasteiger charge is 2.56. The zero-order valence-electron chi connectivity index (χ0n) is 15.4. The molecule has 28 heavy (non-hydrogen) atoms. The fourth-order valence-electron chi connectivity index (χ4n) is 2.86. The van der Waals surface area contributed by atoms with Crippen LogP contribution in [0.25, 0.3) is 5.69 Å². The Kier molecular flexibility index (Phi) is 6.44. The van der Waals surface area contributed by atoms with Gasteiger partial charge in [0.15, 0.2) is 5.15 Å². The quantitative estimate of drug-likeness (QED) is 0.374. The maximum atomic E-state index is 12.8. The van der Waals surface area contributed by atoms with Gasteiger partial charge in [0.2, 0.25) is 18.3 Å². The predicted octanol–water partition coefficient (Wildman–Crippen LogP) is 3.57. The van der Waals surface area contributed by atoms with E-state index in [-0.39, 0.29) is 17.5 Å². The number of carbonyl (C=O) groups is 1. The molecule has 152 valence electrons. The summed E-state index contributed by atoms with van der Waals surface area (Å²) in [6.45, 7) is 2.28. The number of alkyl halides is 2. The van der Waals surface area contributed by atoms with Gasteiger partial charge in [0.1, 0.15) is 11.4 Å². The smallest absolute Gasteiger partial charge is 0.252 e. The van der Waals surface area contributed by atoms with Crippen molar-refractivity contribution >= 4 is 35.0 Å². The van der Waals surface area contributed by atoms with Crippen LogP contribution >= 0.6 is 23.4 Å². The van der Waals surface area contributed by atoms with Crippen LogP contribution in [0.5, 0.6) is 0 Å². The van der Waals surface area contributed by atoms with Gasteiger partial charge in [0, 0.05) is 41.9 Å². The number of nitrogens with zero attached hydrogens (tertiary/aromatic N) is 4. The van der Waals surface area contributed by atoms with Gasteiger partial charge in [-0.15, -0.1) is 0 Å². The topological polar surface area (TPSA) is 62.2 Å². The van der Waals surface area contributed by atoms with Crippen LogP contribution < -0.4 is 9.63 Å². The summed E-state index contributed by atoms with van der Waals surface area (Å²) in [7, 11) is 0. The minimum atomic E-state index is -2.48. The van der Waals surface area contributed by atoms with E-state index in [2.05, 4.69) is 5.10 Å². The molecule has 2 aromatic rings. The average molecular weight is 432 g/mol. The Morgan fingerprint density at radius 1 is 1.57 bits per heavy atom. The normalized spacial score (nSPS) is 17.5. The Hall–Kier alpha value is -1.87. The van der Waals surface area contributed by atoms with Crippen molar-refractivity contribution < 1.29 is 23.5 Å². The molecule has 1 aliphatic carbocycles. The van der Waals surface area contributed by atoms with E-state index >= 15 is 0 Å². The van der Waals surface area contributed by atoms with E-state index in [9.17, 15) is 18.8 Å². The molecule has 1 unspecified atom stereocenters. The van der Waals surface area contributed by atoms with Crippen LogP contribution in [0.1, 0.15) is 26.2 Å². The molecule has 0 aliphatic heterocycles. The number of aromatic nitrogens is 3. The second-order valence-corrected chi connectivity index (χ2v) is 8.18. The number of hydrogen-bond acceptors (Lipinski definition) is 4. The SMILES string of the molecule is CCN(C(=O)CCCSCC1CC1(F)F)c1cn(-c2ccc[n+](O)c2)nc1Cl. The number of carbonyl (C=O) groups excluding carboxylic acids is 1. The summed E-state index contributed by atoms with van der Waals surface area (Å²) in [5, 5.41) is 13.9. The number of hydrogen-bond donors (Lipinski definition) is 1. The third-order valence-corrected chi connectivity index (χ3v) is 6.03. The molecule has 1 atom stereocenters. The first-order valence-corrected chi connectivity index (χ1v) is 10.6.